The van der Waals surface area contributed by atoms with Gasteiger partial charge < -0.3 is 4.74 Å². The molecule has 1 aromatic rings. The van der Waals surface area contributed by atoms with Crippen molar-refractivity contribution in [3.8, 4) is 0 Å². The normalized spacial score (nSPS) is 13.0. The zero-order valence-electron chi connectivity index (χ0n) is 12.0. The lowest BCUT2D eigenvalue weighted by atomic mass is 10.0. The molecule has 4 heteroatoms. The molecule has 1 rings (SSSR count). The molecule has 1 aromatic carbocycles. The maximum Gasteiger partial charge on any atom is 0.179 e. The summed E-state index contributed by atoms with van der Waals surface area (Å²) in [5, 5.41) is 0. The summed E-state index contributed by atoms with van der Waals surface area (Å²) in [7, 11) is 1.88. The Morgan fingerprint density at radius 3 is 2.37 bits per heavy atom. The van der Waals surface area contributed by atoms with Gasteiger partial charge in [0.15, 0.2) is 5.78 Å². The molecular weight excluding hydrogens is 245 g/mol. The molecule has 19 heavy (non-hydrogen) atoms. The molecule has 0 saturated heterocycles. The van der Waals surface area contributed by atoms with E-state index < -0.39 is 0 Å². The van der Waals surface area contributed by atoms with Gasteiger partial charge in [0.25, 0.3) is 0 Å². The van der Waals surface area contributed by atoms with Crippen molar-refractivity contribution in [3.05, 3.63) is 35.6 Å². The average molecular weight is 267 g/mol. The Morgan fingerprint density at radius 1 is 1.26 bits per heavy atom. The average Bonchev–Trinajstić information content (AvgIpc) is 2.37. The monoisotopic (exact) mass is 267 g/mol. The lowest BCUT2D eigenvalue weighted by molar-refractivity contribution is 0.0542. The molecule has 1 atom stereocenters. The summed E-state index contributed by atoms with van der Waals surface area (Å²) in [4.78, 5) is 14.1. The number of benzene rings is 1. The van der Waals surface area contributed by atoms with E-state index in [0.29, 0.717) is 18.7 Å². The van der Waals surface area contributed by atoms with Crippen LogP contribution in [0.1, 0.15) is 31.1 Å². The third kappa shape index (κ3) is 5.09. The quantitative estimate of drug-likeness (QED) is 0.711. The van der Waals surface area contributed by atoms with E-state index in [2.05, 4.69) is 0 Å². The van der Waals surface area contributed by atoms with Gasteiger partial charge in [-0.2, -0.15) is 0 Å². The number of nitrogens with zero attached hydrogens (tertiary/aromatic N) is 1. The first-order valence-corrected chi connectivity index (χ1v) is 6.53. The number of rotatable bonds is 7. The van der Waals surface area contributed by atoms with Gasteiger partial charge in [-0.3, -0.25) is 9.69 Å². The highest BCUT2D eigenvalue weighted by atomic mass is 19.1. The highest BCUT2D eigenvalue weighted by Gasteiger charge is 2.19. The standard InChI is InChI=1S/C15H22FNO2/c1-11(2)19-10-9-17(4)12(3)15(18)13-5-7-14(16)8-6-13/h5-8,11-12H,9-10H2,1-4H3. The zero-order chi connectivity index (χ0) is 14.4. The minimum atomic E-state index is -0.331. The van der Waals surface area contributed by atoms with Crippen LogP contribution in [-0.2, 0) is 4.74 Å². The first-order valence-electron chi connectivity index (χ1n) is 6.53. The summed E-state index contributed by atoms with van der Waals surface area (Å²) in [5.74, 6) is -0.338. The lowest BCUT2D eigenvalue weighted by Crippen LogP contribution is -2.38. The molecule has 0 fully saturated rings. The second-order valence-electron chi connectivity index (χ2n) is 4.95. The van der Waals surface area contributed by atoms with Crippen LogP contribution in [0.25, 0.3) is 0 Å². The number of halogens is 1. The summed E-state index contributed by atoms with van der Waals surface area (Å²) in [6.45, 7) is 7.09. The molecule has 0 amide bonds. The fraction of sp³-hybridized carbons (Fsp3) is 0.533. The summed E-state index contributed by atoms with van der Waals surface area (Å²) < 4.78 is 18.3. The number of carbonyl (C=O) groups is 1. The van der Waals surface area contributed by atoms with Gasteiger partial charge in [-0.05, 0) is 52.1 Å². The topological polar surface area (TPSA) is 29.5 Å². The van der Waals surface area contributed by atoms with Crippen molar-refractivity contribution < 1.29 is 13.9 Å². The molecule has 0 aliphatic heterocycles. The maximum atomic E-state index is 12.8. The van der Waals surface area contributed by atoms with Crippen molar-refractivity contribution in [2.75, 3.05) is 20.2 Å². The van der Waals surface area contributed by atoms with E-state index in [1.54, 1.807) is 0 Å². The van der Waals surface area contributed by atoms with Crippen LogP contribution in [0.5, 0.6) is 0 Å². The maximum absolute atomic E-state index is 12.8. The van der Waals surface area contributed by atoms with Crippen molar-refractivity contribution in [2.45, 2.75) is 32.9 Å². The first kappa shape index (κ1) is 15.8. The Balaban J connectivity index is 2.53. The predicted molar refractivity (Wildman–Crippen MR) is 73.9 cm³/mol. The van der Waals surface area contributed by atoms with Gasteiger partial charge in [0.2, 0.25) is 0 Å². The van der Waals surface area contributed by atoms with E-state index in [1.165, 1.54) is 24.3 Å². The Labute approximate surface area is 114 Å². The summed E-state index contributed by atoms with van der Waals surface area (Å²) in [6.07, 6.45) is 0.191. The van der Waals surface area contributed by atoms with Crippen LogP contribution in [0.15, 0.2) is 24.3 Å². The van der Waals surface area contributed by atoms with Crippen LogP contribution in [0.2, 0.25) is 0 Å². The van der Waals surface area contributed by atoms with Gasteiger partial charge in [0.1, 0.15) is 5.82 Å². The fourth-order valence-electron chi connectivity index (χ4n) is 1.68. The van der Waals surface area contributed by atoms with E-state index in [9.17, 15) is 9.18 Å². The third-order valence-electron chi connectivity index (χ3n) is 3.06. The number of hydrogen-bond acceptors (Lipinski definition) is 3. The van der Waals surface area contributed by atoms with Crippen molar-refractivity contribution in [1.82, 2.24) is 4.90 Å². The Bertz CT molecular complexity index is 403. The largest absolute Gasteiger partial charge is 0.377 e. The molecule has 0 spiro atoms. The molecular formula is C15H22FNO2. The van der Waals surface area contributed by atoms with Crippen LogP contribution in [0.4, 0.5) is 4.39 Å². The number of hydrogen-bond donors (Lipinski definition) is 0. The molecule has 0 heterocycles. The number of likely N-dealkylation sites (N-methyl/N-ethyl adjacent to an activating group) is 1. The molecule has 0 N–H and O–H groups in total. The molecule has 106 valence electrons. The van der Waals surface area contributed by atoms with Gasteiger partial charge in [0, 0.05) is 12.1 Å². The van der Waals surface area contributed by atoms with Gasteiger partial charge in [-0.1, -0.05) is 0 Å². The highest BCUT2D eigenvalue weighted by Crippen LogP contribution is 2.09. The summed E-state index contributed by atoms with van der Waals surface area (Å²) in [6, 6.07) is 5.41. The Morgan fingerprint density at radius 2 is 1.84 bits per heavy atom. The van der Waals surface area contributed by atoms with Gasteiger partial charge in [-0.15, -0.1) is 0 Å². The third-order valence-corrected chi connectivity index (χ3v) is 3.06. The lowest BCUT2D eigenvalue weighted by Gasteiger charge is -2.24. The smallest absolute Gasteiger partial charge is 0.179 e. The minimum absolute atomic E-state index is 0.00736. The van der Waals surface area contributed by atoms with Crippen LogP contribution >= 0.6 is 0 Å². The van der Waals surface area contributed by atoms with Crippen LogP contribution in [0, 0.1) is 5.82 Å². The molecule has 0 aromatic heterocycles. The first-order chi connectivity index (χ1) is 8.91. The van der Waals surface area contributed by atoms with Crippen molar-refractivity contribution in [1.29, 1.82) is 0 Å². The number of carbonyl (C=O) groups excluding carboxylic acids is 1. The number of Topliss-reactive ketones (excluding diaryl/α,β-unsaturated/α-hetero) is 1. The molecule has 0 aliphatic rings. The van der Waals surface area contributed by atoms with Crippen molar-refractivity contribution in [3.63, 3.8) is 0 Å². The minimum Gasteiger partial charge on any atom is -0.377 e. The van der Waals surface area contributed by atoms with Gasteiger partial charge >= 0.3 is 0 Å². The molecule has 0 radical (unpaired) electrons. The predicted octanol–water partition coefficient (Wildman–Crippen LogP) is 2.75. The van der Waals surface area contributed by atoms with Crippen molar-refractivity contribution in [2.24, 2.45) is 0 Å². The molecule has 0 saturated carbocycles. The highest BCUT2D eigenvalue weighted by molar-refractivity contribution is 5.99. The van der Waals surface area contributed by atoms with E-state index in [-0.39, 0.29) is 23.7 Å². The van der Waals surface area contributed by atoms with Gasteiger partial charge in [0.05, 0.1) is 18.8 Å². The van der Waals surface area contributed by atoms with Crippen LogP contribution < -0.4 is 0 Å². The van der Waals surface area contributed by atoms with E-state index in [4.69, 9.17) is 4.74 Å². The molecule has 3 nitrogen and oxygen atoms in total. The molecule has 0 aliphatic carbocycles. The second kappa shape index (κ2) is 7.36. The second-order valence-corrected chi connectivity index (χ2v) is 4.95. The van der Waals surface area contributed by atoms with Crippen molar-refractivity contribution >= 4 is 5.78 Å². The van der Waals surface area contributed by atoms with E-state index in [1.807, 2.05) is 32.7 Å². The van der Waals surface area contributed by atoms with Gasteiger partial charge in [-0.25, -0.2) is 4.39 Å². The summed E-state index contributed by atoms with van der Waals surface area (Å²) >= 11 is 0. The molecule has 1 unspecified atom stereocenters. The zero-order valence-corrected chi connectivity index (χ0v) is 12.0. The van der Waals surface area contributed by atoms with E-state index in [0.717, 1.165) is 0 Å². The number of ketones is 1. The SMILES string of the molecule is CC(C)OCCN(C)C(C)C(=O)c1ccc(F)cc1. The summed E-state index contributed by atoms with van der Waals surface area (Å²) in [5.41, 5.74) is 0.533. The molecule has 0 bridgehead atoms. The van der Waals surface area contributed by atoms with Crippen LogP contribution in [-0.4, -0.2) is 43.0 Å². The fourth-order valence-corrected chi connectivity index (χ4v) is 1.68. The Hall–Kier alpha value is -1.26. The van der Waals surface area contributed by atoms with Crippen LogP contribution in [0.3, 0.4) is 0 Å². The van der Waals surface area contributed by atoms with E-state index >= 15 is 0 Å². The Kier molecular flexibility index (Phi) is 6.12. The number of ether oxygens (including phenoxy) is 1.